The van der Waals surface area contributed by atoms with Gasteiger partial charge in [0.15, 0.2) is 0 Å². The summed E-state index contributed by atoms with van der Waals surface area (Å²) < 4.78 is 5.51. The Morgan fingerprint density at radius 3 is 0.794 bits per heavy atom. The third-order valence-electron chi connectivity index (χ3n) is 20.8. The first kappa shape index (κ1) is 94.8. The number of rotatable bonds is 84. The van der Waals surface area contributed by atoms with Crippen LogP contribution in [0.1, 0.15) is 495 Å². The topological polar surface area (TPSA) is 95.9 Å². The van der Waals surface area contributed by atoms with E-state index in [1.807, 2.05) is 6.08 Å². The van der Waals surface area contributed by atoms with Crippen molar-refractivity contribution in [3.8, 4) is 0 Å². The van der Waals surface area contributed by atoms with Gasteiger partial charge >= 0.3 is 5.97 Å². The highest BCUT2D eigenvalue weighted by atomic mass is 16.5. The molecule has 1 amide bonds. The van der Waals surface area contributed by atoms with Crippen LogP contribution < -0.4 is 5.32 Å². The smallest absolute Gasteiger partial charge is 0.305 e. The van der Waals surface area contributed by atoms with Crippen LogP contribution in [0.3, 0.4) is 0 Å². The zero-order chi connectivity index (χ0) is 69.8. The van der Waals surface area contributed by atoms with Gasteiger partial charge in [0.05, 0.1) is 25.4 Å². The SMILES string of the molecule is CCCCCCCC/C=C\CCCCCCCCCC(=O)OCCCCCCCCCCCCCCCCC/C=C\C/C=C\CCCCCCCCCCCCCCCCCCCC(=O)NC(CO)C(O)/C=C/CCCCCCCCCCCCCCCCCCCCCCCC. The number of carbonyl (C=O) groups excluding carboxylic acids is 2. The van der Waals surface area contributed by atoms with E-state index in [0.29, 0.717) is 19.4 Å². The summed E-state index contributed by atoms with van der Waals surface area (Å²) in [6.45, 7) is 4.95. The molecule has 0 aromatic heterocycles. The molecular weight excluding hydrogens is 1190 g/mol. The van der Waals surface area contributed by atoms with Gasteiger partial charge in [0.25, 0.3) is 0 Å². The highest BCUT2D eigenvalue weighted by Gasteiger charge is 2.18. The molecule has 0 aliphatic rings. The van der Waals surface area contributed by atoms with E-state index in [9.17, 15) is 19.8 Å². The normalized spacial score (nSPS) is 12.7. The molecule has 2 atom stereocenters. The van der Waals surface area contributed by atoms with Gasteiger partial charge in [-0.2, -0.15) is 0 Å². The van der Waals surface area contributed by atoms with Crippen LogP contribution >= 0.6 is 0 Å². The van der Waals surface area contributed by atoms with Gasteiger partial charge in [0, 0.05) is 12.8 Å². The van der Waals surface area contributed by atoms with Crippen molar-refractivity contribution >= 4 is 11.9 Å². The average molecular weight is 1360 g/mol. The molecule has 2 unspecified atom stereocenters. The van der Waals surface area contributed by atoms with Crippen molar-refractivity contribution < 1.29 is 24.5 Å². The number of allylic oxidation sites excluding steroid dienone is 7. The van der Waals surface area contributed by atoms with Crippen LogP contribution in [0.2, 0.25) is 0 Å². The molecule has 6 heteroatoms. The highest BCUT2D eigenvalue weighted by Crippen LogP contribution is 2.20. The molecule has 0 saturated carbocycles. The lowest BCUT2D eigenvalue weighted by Crippen LogP contribution is -2.45. The fourth-order valence-corrected chi connectivity index (χ4v) is 14.1. The monoisotopic (exact) mass is 1360 g/mol. The summed E-state index contributed by atoms with van der Waals surface area (Å²) in [5, 5.41) is 23.3. The molecule has 0 aliphatic carbocycles. The maximum absolute atomic E-state index is 12.6. The minimum atomic E-state index is -0.845. The zero-order valence-electron chi connectivity index (χ0n) is 65.8. The third kappa shape index (κ3) is 82.7. The Balaban J connectivity index is 3.37. The lowest BCUT2D eigenvalue weighted by Gasteiger charge is -2.20. The van der Waals surface area contributed by atoms with Crippen LogP contribution in [0.5, 0.6) is 0 Å². The molecule has 97 heavy (non-hydrogen) atoms. The summed E-state index contributed by atoms with van der Waals surface area (Å²) in [6.07, 6.45) is 116. The predicted octanol–water partition coefficient (Wildman–Crippen LogP) is 29.9. The summed E-state index contributed by atoms with van der Waals surface area (Å²) in [7, 11) is 0. The zero-order valence-corrected chi connectivity index (χ0v) is 65.8. The van der Waals surface area contributed by atoms with Crippen molar-refractivity contribution in [1.82, 2.24) is 5.32 Å². The lowest BCUT2D eigenvalue weighted by atomic mass is 10.0. The van der Waals surface area contributed by atoms with E-state index in [0.717, 1.165) is 51.4 Å². The molecule has 572 valence electrons. The summed E-state index contributed by atoms with van der Waals surface area (Å²) in [4.78, 5) is 24.7. The van der Waals surface area contributed by atoms with Crippen LogP contribution in [-0.4, -0.2) is 47.4 Å². The first-order valence-corrected chi connectivity index (χ1v) is 44.4. The summed E-state index contributed by atoms with van der Waals surface area (Å²) in [6, 6.07) is -0.628. The number of amides is 1. The van der Waals surface area contributed by atoms with Gasteiger partial charge in [0.1, 0.15) is 0 Å². The number of aliphatic hydroxyl groups is 2. The molecule has 0 aromatic rings. The van der Waals surface area contributed by atoms with Gasteiger partial charge < -0.3 is 20.3 Å². The van der Waals surface area contributed by atoms with Crippen LogP contribution in [0.25, 0.3) is 0 Å². The van der Waals surface area contributed by atoms with Gasteiger partial charge in [-0.05, 0) is 89.9 Å². The number of hydrogen-bond acceptors (Lipinski definition) is 5. The lowest BCUT2D eigenvalue weighted by molar-refractivity contribution is -0.143. The number of aliphatic hydroxyl groups excluding tert-OH is 2. The second-order valence-electron chi connectivity index (χ2n) is 30.6. The number of carbonyl (C=O) groups is 2. The van der Waals surface area contributed by atoms with E-state index in [1.165, 1.54) is 417 Å². The number of nitrogens with one attached hydrogen (secondary N) is 1. The molecule has 0 saturated heterocycles. The molecule has 0 rings (SSSR count). The maximum atomic E-state index is 12.6. The number of unbranched alkanes of at least 4 members (excludes halogenated alkanes) is 67. The summed E-state index contributed by atoms with van der Waals surface area (Å²) in [5.74, 6) is -0.0420. The van der Waals surface area contributed by atoms with Gasteiger partial charge in [-0.1, -0.05) is 441 Å². The van der Waals surface area contributed by atoms with Gasteiger partial charge in [-0.3, -0.25) is 9.59 Å². The van der Waals surface area contributed by atoms with E-state index in [4.69, 9.17) is 4.74 Å². The first-order chi connectivity index (χ1) is 48.0. The molecule has 0 heterocycles. The number of hydrogen-bond donors (Lipinski definition) is 3. The third-order valence-corrected chi connectivity index (χ3v) is 20.8. The van der Waals surface area contributed by atoms with E-state index >= 15 is 0 Å². The van der Waals surface area contributed by atoms with Crippen molar-refractivity contribution in [3.05, 3.63) is 48.6 Å². The minimum absolute atomic E-state index is 0.0176. The van der Waals surface area contributed by atoms with Crippen LogP contribution in [0.15, 0.2) is 48.6 Å². The Bertz CT molecular complexity index is 1620. The Hall–Kier alpha value is -2.18. The minimum Gasteiger partial charge on any atom is -0.466 e. The van der Waals surface area contributed by atoms with Crippen molar-refractivity contribution in [2.24, 2.45) is 0 Å². The molecule has 0 spiro atoms. The average Bonchev–Trinajstić information content (AvgIpc) is 2.53. The second kappa shape index (κ2) is 86.2. The van der Waals surface area contributed by atoms with Crippen molar-refractivity contribution in [2.45, 2.75) is 508 Å². The highest BCUT2D eigenvalue weighted by molar-refractivity contribution is 5.76. The van der Waals surface area contributed by atoms with Gasteiger partial charge in [0.2, 0.25) is 5.91 Å². The maximum Gasteiger partial charge on any atom is 0.305 e. The molecule has 0 aliphatic heterocycles. The Kier molecular flexibility index (Phi) is 84.3. The van der Waals surface area contributed by atoms with Crippen LogP contribution in [-0.2, 0) is 14.3 Å². The molecular formula is C91H173NO5. The molecule has 3 N–H and O–H groups in total. The summed E-state index contributed by atoms with van der Waals surface area (Å²) >= 11 is 0. The van der Waals surface area contributed by atoms with Crippen molar-refractivity contribution in [3.63, 3.8) is 0 Å². The Labute approximate surface area is 607 Å². The van der Waals surface area contributed by atoms with Crippen LogP contribution in [0, 0.1) is 0 Å². The fourth-order valence-electron chi connectivity index (χ4n) is 14.1. The van der Waals surface area contributed by atoms with E-state index in [1.54, 1.807) is 6.08 Å². The van der Waals surface area contributed by atoms with Crippen molar-refractivity contribution in [2.75, 3.05) is 13.2 Å². The predicted molar refractivity (Wildman–Crippen MR) is 430 cm³/mol. The molecule has 0 radical (unpaired) electrons. The van der Waals surface area contributed by atoms with E-state index < -0.39 is 12.1 Å². The van der Waals surface area contributed by atoms with Gasteiger partial charge in [-0.25, -0.2) is 0 Å². The molecule has 0 aromatic carbocycles. The second-order valence-corrected chi connectivity index (χ2v) is 30.6. The van der Waals surface area contributed by atoms with Crippen LogP contribution in [0.4, 0.5) is 0 Å². The Morgan fingerprint density at radius 1 is 0.289 bits per heavy atom. The fraction of sp³-hybridized carbons (Fsp3) is 0.890. The van der Waals surface area contributed by atoms with Gasteiger partial charge in [-0.15, -0.1) is 0 Å². The quantitative estimate of drug-likeness (QED) is 0.0320. The molecule has 6 nitrogen and oxygen atoms in total. The summed E-state index contributed by atoms with van der Waals surface area (Å²) in [5.41, 5.74) is 0. The molecule has 0 fully saturated rings. The van der Waals surface area contributed by atoms with Crippen molar-refractivity contribution in [1.29, 1.82) is 0 Å². The largest absolute Gasteiger partial charge is 0.466 e. The van der Waals surface area contributed by atoms with E-state index in [2.05, 4.69) is 55.6 Å². The Morgan fingerprint density at radius 2 is 0.515 bits per heavy atom. The molecule has 0 bridgehead atoms. The standard InChI is InChI=1S/C91H173NO5/c1-3-5-7-9-11-13-15-17-19-21-22-23-24-42-45-48-52-55-59-63-67-71-75-79-83-89(94)88(87-93)92-90(95)84-80-76-72-68-64-60-56-53-49-46-43-40-38-36-34-32-30-28-26-25-27-29-31-33-35-37-39-41-44-47-50-54-58-62-66-70-74-78-82-86-97-91(96)85-81-77-73-69-65-61-57-51-20-18-16-14-12-10-8-6-4-2/h18,20,25-26,29,31,79,83,88-89,93-94H,3-17,19,21-24,27-28,30,32-78,80-82,84-87H2,1-2H3,(H,92,95)/b20-18-,26-25-,31-29-,83-79+. The number of esters is 1. The van der Waals surface area contributed by atoms with E-state index in [-0.39, 0.29) is 18.5 Å². The number of ether oxygens (including phenoxy) is 1. The first-order valence-electron chi connectivity index (χ1n) is 44.4.